The second kappa shape index (κ2) is 14.1. The number of aromatic nitrogens is 1. The topological polar surface area (TPSA) is 160 Å². The van der Waals surface area contributed by atoms with Crippen LogP contribution < -0.4 is 0 Å². The van der Waals surface area contributed by atoms with Crippen LogP contribution in [0.25, 0.3) is 21.8 Å². The lowest BCUT2D eigenvalue weighted by Crippen LogP contribution is -2.27. The molecule has 2 aromatic carbocycles. The number of nitrogens with zero attached hydrogens (tertiary/aromatic N) is 4. The summed E-state index contributed by atoms with van der Waals surface area (Å²) in [6.45, 7) is 3.26. The molecule has 0 aliphatic heterocycles. The number of carbonyl (C=O) groups is 4. The van der Waals surface area contributed by atoms with Gasteiger partial charge in [-0.1, -0.05) is 56.3 Å². The van der Waals surface area contributed by atoms with E-state index in [1.165, 1.54) is 6.07 Å². The van der Waals surface area contributed by atoms with E-state index in [1.54, 1.807) is 49.7 Å². The predicted molar refractivity (Wildman–Crippen MR) is 172 cm³/mol. The lowest BCUT2D eigenvalue weighted by molar-refractivity contribution is -0.383. The molecule has 2 aliphatic carbocycles. The van der Waals surface area contributed by atoms with Crippen molar-refractivity contribution in [1.29, 1.82) is 0 Å². The number of nitro groups is 1. The highest BCUT2D eigenvalue weighted by Crippen LogP contribution is 2.37. The Morgan fingerprint density at radius 3 is 1.80 bits per heavy atom. The lowest BCUT2D eigenvalue weighted by atomic mass is 9.83. The van der Waals surface area contributed by atoms with Crippen LogP contribution in [0.15, 0.2) is 40.6 Å². The van der Waals surface area contributed by atoms with Crippen LogP contribution in [-0.4, -0.2) is 44.4 Å². The molecule has 1 heterocycles. The largest absolute Gasteiger partial charge is 0.338 e. The van der Waals surface area contributed by atoms with Crippen molar-refractivity contribution in [2.24, 2.45) is 29.2 Å². The third kappa shape index (κ3) is 6.61. The quantitative estimate of drug-likeness (QED) is 0.0720. The number of hydrogen-bond donors (Lipinski definition) is 0. The molecule has 0 unspecified atom stereocenters. The molecule has 46 heavy (non-hydrogen) atoms. The molecule has 1 aromatic heterocycles. The molecule has 3 aromatic rings. The van der Waals surface area contributed by atoms with Gasteiger partial charge < -0.3 is 14.2 Å². The number of benzene rings is 2. The van der Waals surface area contributed by atoms with Gasteiger partial charge in [-0.05, 0) is 49.9 Å². The SMILES string of the molecule is CCC(=O)O/N=C(/C(=O)c1ccc2c(c1)c1cc(C(=O)/C(=N/OC(=O)CC)C3CCCC3)cc([N+](=O)[O-])c1n2C)C1CCCCC1. The molecule has 0 N–H and O–H groups in total. The van der Waals surface area contributed by atoms with Crippen molar-refractivity contribution in [3.8, 4) is 0 Å². The number of ketones is 2. The zero-order valence-electron chi connectivity index (χ0n) is 26.4. The molecule has 12 heteroatoms. The summed E-state index contributed by atoms with van der Waals surface area (Å²) in [5.41, 5.74) is 1.21. The van der Waals surface area contributed by atoms with E-state index in [-0.39, 0.29) is 64.2 Å². The van der Waals surface area contributed by atoms with Gasteiger partial charge in [0.25, 0.3) is 5.69 Å². The Bertz CT molecular complexity index is 1770. The smallest absolute Gasteiger partial charge is 0.334 e. The first-order chi connectivity index (χ1) is 22.1. The van der Waals surface area contributed by atoms with E-state index in [0.717, 1.165) is 44.9 Å². The van der Waals surface area contributed by atoms with E-state index >= 15 is 0 Å². The van der Waals surface area contributed by atoms with Gasteiger partial charge >= 0.3 is 11.9 Å². The molecule has 0 atom stereocenters. The molecule has 242 valence electrons. The van der Waals surface area contributed by atoms with Gasteiger partial charge in [-0.25, -0.2) is 9.59 Å². The van der Waals surface area contributed by atoms with Crippen molar-refractivity contribution in [3.05, 3.63) is 51.6 Å². The molecule has 0 saturated heterocycles. The zero-order valence-corrected chi connectivity index (χ0v) is 26.4. The van der Waals surface area contributed by atoms with Crippen molar-refractivity contribution in [1.82, 2.24) is 4.57 Å². The van der Waals surface area contributed by atoms with Gasteiger partial charge in [0.05, 0.1) is 4.92 Å². The van der Waals surface area contributed by atoms with E-state index < -0.39 is 22.6 Å². The molecular formula is C34H38N4O8. The van der Waals surface area contributed by atoms with E-state index in [9.17, 15) is 29.3 Å². The lowest BCUT2D eigenvalue weighted by Gasteiger charge is -2.22. The molecule has 2 saturated carbocycles. The second-order valence-electron chi connectivity index (χ2n) is 12.0. The molecule has 2 aliphatic rings. The predicted octanol–water partition coefficient (Wildman–Crippen LogP) is 6.99. The number of aryl methyl sites for hydroxylation is 1. The summed E-state index contributed by atoms with van der Waals surface area (Å²) in [6, 6.07) is 7.80. The number of nitro benzene ring substituents is 1. The maximum absolute atomic E-state index is 13.9. The van der Waals surface area contributed by atoms with Crippen molar-refractivity contribution < 1.29 is 33.8 Å². The highest BCUT2D eigenvalue weighted by molar-refractivity contribution is 6.48. The minimum atomic E-state index is -0.587. The van der Waals surface area contributed by atoms with E-state index in [4.69, 9.17) is 9.68 Å². The number of rotatable bonds is 11. The van der Waals surface area contributed by atoms with E-state index in [1.807, 2.05) is 0 Å². The molecule has 0 amide bonds. The molecular weight excluding hydrogens is 592 g/mol. The Morgan fingerprint density at radius 1 is 0.783 bits per heavy atom. The van der Waals surface area contributed by atoms with Crippen molar-refractivity contribution in [3.63, 3.8) is 0 Å². The second-order valence-corrected chi connectivity index (χ2v) is 12.0. The standard InChI is InChI=1S/C34H38N4O8/c1-4-28(39)45-35-30(20-11-7-6-8-12-20)33(41)22-15-16-26-24(17-22)25-18-23(19-27(38(43)44)32(25)37(26)3)34(42)31(21-13-9-10-14-21)36-46-29(40)5-2/h15-21H,4-14H2,1-3H3/b35-30+,36-31+. The van der Waals surface area contributed by atoms with E-state index in [2.05, 4.69) is 10.3 Å². The number of fused-ring (bicyclic) bond motifs is 3. The first kappa shape index (κ1) is 32.6. The average Bonchev–Trinajstić information content (AvgIpc) is 3.71. The number of carbonyl (C=O) groups excluding carboxylic acids is 4. The average molecular weight is 631 g/mol. The van der Waals surface area contributed by atoms with Crippen molar-refractivity contribution >= 4 is 62.4 Å². The highest BCUT2D eigenvalue weighted by atomic mass is 16.7. The molecule has 0 radical (unpaired) electrons. The summed E-state index contributed by atoms with van der Waals surface area (Å²) in [6.07, 6.45) is 7.79. The van der Waals surface area contributed by atoms with Crippen molar-refractivity contribution in [2.45, 2.75) is 84.5 Å². The van der Waals surface area contributed by atoms with Crippen LogP contribution in [0.4, 0.5) is 5.69 Å². The Labute approximate surface area is 265 Å². The number of hydrogen-bond acceptors (Lipinski definition) is 10. The van der Waals surface area contributed by atoms with Gasteiger partial charge in [0.2, 0.25) is 11.6 Å². The zero-order chi connectivity index (χ0) is 33.0. The summed E-state index contributed by atoms with van der Waals surface area (Å²) < 4.78 is 1.67. The van der Waals surface area contributed by atoms with Gasteiger partial charge in [0, 0.05) is 65.2 Å². The van der Waals surface area contributed by atoms with Gasteiger partial charge in [-0.15, -0.1) is 0 Å². The molecule has 0 bridgehead atoms. The fraction of sp³-hybridized carbons (Fsp3) is 0.471. The third-order valence-electron chi connectivity index (χ3n) is 9.06. The number of non-ortho nitro benzene ring substituents is 1. The fourth-order valence-corrected chi connectivity index (χ4v) is 6.56. The summed E-state index contributed by atoms with van der Waals surface area (Å²) in [7, 11) is 1.69. The van der Waals surface area contributed by atoms with Gasteiger partial charge in [0.15, 0.2) is 0 Å². The van der Waals surface area contributed by atoms with Crippen LogP contribution in [0, 0.1) is 22.0 Å². The van der Waals surface area contributed by atoms with Crippen LogP contribution in [0.2, 0.25) is 0 Å². The minimum Gasteiger partial charge on any atom is -0.338 e. The Morgan fingerprint density at radius 2 is 1.28 bits per heavy atom. The monoisotopic (exact) mass is 630 g/mol. The first-order valence-electron chi connectivity index (χ1n) is 16.0. The Kier molecular flexibility index (Phi) is 10.0. The van der Waals surface area contributed by atoms with Gasteiger partial charge in [0.1, 0.15) is 16.9 Å². The summed E-state index contributed by atoms with van der Waals surface area (Å²) in [5, 5.41) is 21.3. The third-order valence-corrected chi connectivity index (χ3v) is 9.06. The highest BCUT2D eigenvalue weighted by Gasteiger charge is 2.32. The molecule has 5 rings (SSSR count). The molecule has 0 spiro atoms. The summed E-state index contributed by atoms with van der Waals surface area (Å²) >= 11 is 0. The van der Waals surface area contributed by atoms with Crippen molar-refractivity contribution in [2.75, 3.05) is 0 Å². The van der Waals surface area contributed by atoms with Crippen LogP contribution in [0.1, 0.15) is 105 Å². The normalized spacial score (nSPS) is 16.6. The van der Waals surface area contributed by atoms with Gasteiger partial charge in [-0.3, -0.25) is 19.7 Å². The van der Waals surface area contributed by atoms with Crippen LogP contribution in [0.5, 0.6) is 0 Å². The molecule has 2 fully saturated rings. The fourth-order valence-electron chi connectivity index (χ4n) is 6.56. The van der Waals surface area contributed by atoms with Gasteiger partial charge in [-0.2, -0.15) is 0 Å². The van der Waals surface area contributed by atoms with Crippen LogP contribution in [-0.2, 0) is 26.3 Å². The Hall–Kier alpha value is -4.74. The maximum Gasteiger partial charge on any atom is 0.334 e. The van der Waals surface area contributed by atoms with Crippen LogP contribution >= 0.6 is 0 Å². The maximum atomic E-state index is 13.9. The molecule has 12 nitrogen and oxygen atoms in total. The van der Waals surface area contributed by atoms with Crippen LogP contribution in [0.3, 0.4) is 0 Å². The summed E-state index contributed by atoms with van der Waals surface area (Å²) in [5.74, 6) is -2.45. The Balaban J connectivity index is 1.63. The minimum absolute atomic E-state index is 0.0394. The number of Topliss-reactive ketones (excluding diaryl/α,β-unsaturated/α-hetero) is 2. The summed E-state index contributed by atoms with van der Waals surface area (Å²) in [4.78, 5) is 73.6. The number of oxime groups is 2. The van der Waals surface area contributed by atoms with E-state index in [0.29, 0.717) is 29.1 Å². The first-order valence-corrected chi connectivity index (χ1v) is 16.0.